The topological polar surface area (TPSA) is 57.5 Å². The molecular formula is C4H5ClO3. The molecule has 0 amide bonds. The van der Waals surface area contributed by atoms with Crippen LogP contribution >= 0.6 is 11.6 Å². The van der Waals surface area contributed by atoms with Gasteiger partial charge < -0.3 is 10.2 Å². The smallest absolute Gasteiger partial charge is 0.450 e. The predicted molar refractivity (Wildman–Crippen MR) is 30.2 cm³/mol. The SMILES string of the molecule is C#CCCl.O=C(O)O. The Hall–Kier alpha value is -0.880. The van der Waals surface area contributed by atoms with Gasteiger partial charge in [-0.1, -0.05) is 5.92 Å². The highest BCUT2D eigenvalue weighted by molar-refractivity contribution is 6.19. The zero-order valence-electron chi connectivity index (χ0n) is 3.97. The minimum absolute atomic E-state index is 0.319. The number of alkyl halides is 1. The molecule has 2 N–H and O–H groups in total. The zero-order chi connectivity index (χ0) is 6.99. The van der Waals surface area contributed by atoms with E-state index in [-0.39, 0.29) is 0 Å². The molecule has 0 heterocycles. The van der Waals surface area contributed by atoms with Gasteiger partial charge >= 0.3 is 6.16 Å². The second-order valence-electron chi connectivity index (χ2n) is 0.620. The number of hydrogen-bond donors (Lipinski definition) is 2. The highest BCUT2D eigenvalue weighted by Crippen LogP contribution is 1.61. The molecule has 0 aliphatic rings. The summed E-state index contributed by atoms with van der Waals surface area (Å²) in [7, 11) is 0. The largest absolute Gasteiger partial charge is 0.503 e. The zero-order valence-corrected chi connectivity index (χ0v) is 4.72. The van der Waals surface area contributed by atoms with Gasteiger partial charge in [-0.15, -0.1) is 18.0 Å². The Balaban J connectivity index is 0. The Morgan fingerprint density at radius 2 is 1.88 bits per heavy atom. The summed E-state index contributed by atoms with van der Waals surface area (Å²) in [5.41, 5.74) is 0. The second-order valence-corrected chi connectivity index (χ2v) is 0.888. The molecule has 0 saturated carbocycles. The molecule has 4 heteroatoms. The number of terminal acetylenes is 1. The van der Waals surface area contributed by atoms with Gasteiger partial charge in [-0.25, -0.2) is 4.79 Å². The number of halogens is 1. The van der Waals surface area contributed by atoms with Crippen molar-refractivity contribution in [3.8, 4) is 12.3 Å². The van der Waals surface area contributed by atoms with Crippen LogP contribution < -0.4 is 0 Å². The summed E-state index contributed by atoms with van der Waals surface area (Å²) < 4.78 is 0. The number of carbonyl (C=O) groups is 1. The fraction of sp³-hybridized carbons (Fsp3) is 0.250. The lowest BCUT2D eigenvalue weighted by atomic mass is 10.8. The average molecular weight is 137 g/mol. The summed E-state index contributed by atoms with van der Waals surface area (Å²) in [6.07, 6.45) is 2.81. The fourth-order valence-electron chi connectivity index (χ4n) is 0. The first-order chi connectivity index (χ1) is 3.65. The molecular weight excluding hydrogens is 131 g/mol. The summed E-state index contributed by atoms with van der Waals surface area (Å²) in [6, 6.07) is 0. The maximum absolute atomic E-state index is 8.56. The van der Waals surface area contributed by atoms with Crippen LogP contribution in [0.5, 0.6) is 0 Å². The van der Waals surface area contributed by atoms with Gasteiger partial charge in [0.05, 0.1) is 5.88 Å². The van der Waals surface area contributed by atoms with Crippen molar-refractivity contribution in [3.05, 3.63) is 0 Å². The molecule has 0 radical (unpaired) electrons. The van der Waals surface area contributed by atoms with Gasteiger partial charge in [0.2, 0.25) is 0 Å². The Morgan fingerprint density at radius 1 is 1.75 bits per heavy atom. The molecule has 8 heavy (non-hydrogen) atoms. The third kappa shape index (κ3) is 6040. The van der Waals surface area contributed by atoms with Crippen LogP contribution in [0, 0.1) is 12.3 Å². The summed E-state index contributed by atoms with van der Waals surface area (Å²) in [6.45, 7) is 0. The van der Waals surface area contributed by atoms with Crippen molar-refractivity contribution >= 4 is 17.8 Å². The number of hydrogen-bond acceptors (Lipinski definition) is 1. The highest BCUT2D eigenvalue weighted by atomic mass is 35.5. The van der Waals surface area contributed by atoms with Crippen molar-refractivity contribution in [1.82, 2.24) is 0 Å². The van der Waals surface area contributed by atoms with Crippen LogP contribution in [0.15, 0.2) is 0 Å². The number of carboxylic acid groups (broad SMARTS) is 2. The molecule has 0 aliphatic heterocycles. The highest BCUT2D eigenvalue weighted by Gasteiger charge is 1.70. The van der Waals surface area contributed by atoms with Crippen LogP contribution in [0.3, 0.4) is 0 Å². The normalized spacial score (nSPS) is 5.50. The molecule has 0 aliphatic carbocycles. The third-order valence-electron chi connectivity index (χ3n) is 0.0772. The van der Waals surface area contributed by atoms with E-state index in [9.17, 15) is 0 Å². The van der Waals surface area contributed by atoms with E-state index in [1.807, 2.05) is 0 Å². The molecule has 0 unspecified atom stereocenters. The minimum Gasteiger partial charge on any atom is -0.450 e. The van der Waals surface area contributed by atoms with Crippen molar-refractivity contribution in [2.24, 2.45) is 0 Å². The molecule has 0 aromatic carbocycles. The molecule has 3 nitrogen and oxygen atoms in total. The molecule has 46 valence electrons. The molecule has 0 aromatic rings. The van der Waals surface area contributed by atoms with Crippen LogP contribution in [0.4, 0.5) is 4.79 Å². The quantitative estimate of drug-likeness (QED) is 0.387. The molecule has 0 saturated heterocycles. The van der Waals surface area contributed by atoms with Gasteiger partial charge in [0, 0.05) is 0 Å². The van der Waals surface area contributed by atoms with Gasteiger partial charge in [0.1, 0.15) is 0 Å². The predicted octanol–water partition coefficient (Wildman–Crippen LogP) is 1.08. The van der Waals surface area contributed by atoms with Gasteiger partial charge in [-0.2, -0.15) is 0 Å². The van der Waals surface area contributed by atoms with E-state index in [0.29, 0.717) is 5.88 Å². The summed E-state index contributed by atoms with van der Waals surface area (Å²) >= 11 is 4.95. The van der Waals surface area contributed by atoms with Crippen molar-refractivity contribution in [2.45, 2.75) is 0 Å². The Bertz CT molecular complexity index is 89.9. The Morgan fingerprint density at radius 3 is 1.88 bits per heavy atom. The first-order valence-electron chi connectivity index (χ1n) is 1.56. The Labute approximate surface area is 51.9 Å². The lowest BCUT2D eigenvalue weighted by Crippen LogP contribution is -1.81. The molecule has 0 spiro atoms. The maximum Gasteiger partial charge on any atom is 0.503 e. The van der Waals surface area contributed by atoms with Gasteiger partial charge in [0.25, 0.3) is 0 Å². The van der Waals surface area contributed by atoms with E-state index >= 15 is 0 Å². The first kappa shape index (κ1) is 10.2. The van der Waals surface area contributed by atoms with Crippen LogP contribution in [0.1, 0.15) is 0 Å². The fourth-order valence-corrected chi connectivity index (χ4v) is 0. The van der Waals surface area contributed by atoms with Crippen molar-refractivity contribution in [2.75, 3.05) is 5.88 Å². The van der Waals surface area contributed by atoms with E-state index in [2.05, 4.69) is 12.3 Å². The molecule has 0 aromatic heterocycles. The lowest BCUT2D eigenvalue weighted by Gasteiger charge is -1.60. The van der Waals surface area contributed by atoms with Crippen LogP contribution in [-0.4, -0.2) is 22.2 Å². The van der Waals surface area contributed by atoms with E-state index in [4.69, 9.17) is 26.6 Å². The monoisotopic (exact) mass is 136 g/mol. The van der Waals surface area contributed by atoms with E-state index in [0.717, 1.165) is 0 Å². The van der Waals surface area contributed by atoms with Crippen molar-refractivity contribution in [1.29, 1.82) is 0 Å². The molecule has 0 atom stereocenters. The molecule has 0 rings (SSSR count). The van der Waals surface area contributed by atoms with E-state index < -0.39 is 6.16 Å². The van der Waals surface area contributed by atoms with E-state index in [1.165, 1.54) is 0 Å². The average Bonchev–Trinajstić information content (AvgIpc) is 1.65. The van der Waals surface area contributed by atoms with Gasteiger partial charge in [-0.3, -0.25) is 0 Å². The lowest BCUT2D eigenvalue weighted by molar-refractivity contribution is 0.137. The van der Waals surface area contributed by atoms with Gasteiger partial charge in [0.15, 0.2) is 0 Å². The maximum atomic E-state index is 8.56. The number of rotatable bonds is 0. The summed E-state index contributed by atoms with van der Waals surface area (Å²) in [4.78, 5) is 8.56. The van der Waals surface area contributed by atoms with Crippen molar-refractivity contribution < 1.29 is 15.0 Å². The van der Waals surface area contributed by atoms with Crippen LogP contribution in [0.2, 0.25) is 0 Å². The van der Waals surface area contributed by atoms with Crippen LogP contribution in [0.25, 0.3) is 0 Å². The van der Waals surface area contributed by atoms with Gasteiger partial charge in [-0.05, 0) is 0 Å². The first-order valence-corrected chi connectivity index (χ1v) is 2.10. The minimum atomic E-state index is -1.83. The Kier molecular flexibility index (Phi) is 12.0. The molecule has 0 fully saturated rings. The van der Waals surface area contributed by atoms with Crippen LogP contribution in [-0.2, 0) is 0 Å². The molecule has 0 bridgehead atoms. The standard InChI is InChI=1S/C3H3Cl.CH2O3/c1-2-3-4;2-1(3)4/h1H,3H2;(H2,2,3,4). The van der Waals surface area contributed by atoms with E-state index in [1.54, 1.807) is 0 Å². The summed E-state index contributed by atoms with van der Waals surface area (Å²) in [5, 5.41) is 13.9. The third-order valence-corrected chi connectivity index (χ3v) is 0.231. The summed E-state index contributed by atoms with van der Waals surface area (Å²) in [5.74, 6) is 2.52. The second kappa shape index (κ2) is 9.45. The van der Waals surface area contributed by atoms with Crippen molar-refractivity contribution in [3.63, 3.8) is 0 Å².